The van der Waals surface area contributed by atoms with E-state index in [0.717, 1.165) is 16.5 Å². The molecule has 2 aliphatic rings. The highest BCUT2D eigenvalue weighted by Gasteiger charge is 2.30. The summed E-state index contributed by atoms with van der Waals surface area (Å²) in [5.41, 5.74) is 0. The van der Waals surface area contributed by atoms with Crippen LogP contribution >= 0.6 is 23.1 Å². The van der Waals surface area contributed by atoms with Crippen molar-refractivity contribution >= 4 is 34.9 Å². The lowest BCUT2D eigenvalue weighted by Gasteiger charge is -2.35. The lowest BCUT2D eigenvalue weighted by Crippen LogP contribution is -2.54. The first-order chi connectivity index (χ1) is 9.75. The first-order valence-electron chi connectivity index (χ1n) is 6.68. The second kappa shape index (κ2) is 6.15. The van der Waals surface area contributed by atoms with Crippen LogP contribution in [0.5, 0.6) is 0 Å². The maximum atomic E-state index is 12.3. The number of carbonyl (C=O) groups excluding carboxylic acids is 2. The van der Waals surface area contributed by atoms with Gasteiger partial charge in [0.2, 0.25) is 5.91 Å². The zero-order valence-corrected chi connectivity index (χ0v) is 12.7. The molecule has 0 saturated carbocycles. The van der Waals surface area contributed by atoms with Crippen molar-refractivity contribution in [3.63, 3.8) is 0 Å². The summed E-state index contributed by atoms with van der Waals surface area (Å²) in [7, 11) is 0. The first-order valence-corrected chi connectivity index (χ1v) is 8.72. The van der Waals surface area contributed by atoms with E-state index < -0.39 is 0 Å². The number of nitrogens with zero attached hydrogens (tertiary/aromatic N) is 2. The Balaban J connectivity index is 1.54. The summed E-state index contributed by atoms with van der Waals surface area (Å²) < 4.78 is 0. The van der Waals surface area contributed by atoms with Gasteiger partial charge >= 0.3 is 0 Å². The molecule has 1 atom stereocenters. The van der Waals surface area contributed by atoms with Gasteiger partial charge in [-0.25, -0.2) is 0 Å². The predicted molar refractivity (Wildman–Crippen MR) is 81.1 cm³/mol. The zero-order valence-electron chi connectivity index (χ0n) is 11.1. The van der Waals surface area contributed by atoms with Crippen LogP contribution in [0, 0.1) is 0 Å². The summed E-state index contributed by atoms with van der Waals surface area (Å²) in [6, 6.07) is 3.70. The van der Waals surface area contributed by atoms with Crippen molar-refractivity contribution < 1.29 is 9.59 Å². The number of hydrogen-bond acceptors (Lipinski definition) is 5. The Morgan fingerprint density at radius 1 is 1.20 bits per heavy atom. The molecule has 7 heteroatoms. The molecule has 2 fully saturated rings. The fraction of sp³-hybridized carbons (Fsp3) is 0.538. The fourth-order valence-electron chi connectivity index (χ4n) is 2.46. The molecule has 1 unspecified atom stereocenters. The molecular weight excluding hydrogens is 294 g/mol. The second-order valence-electron chi connectivity index (χ2n) is 4.87. The van der Waals surface area contributed by atoms with Crippen LogP contribution < -0.4 is 5.32 Å². The van der Waals surface area contributed by atoms with Crippen molar-refractivity contribution in [3.8, 4) is 0 Å². The van der Waals surface area contributed by atoms with Crippen LogP contribution in [0.15, 0.2) is 17.5 Å². The number of piperazine rings is 1. The maximum absolute atomic E-state index is 12.3. The first kappa shape index (κ1) is 13.9. The lowest BCUT2D eigenvalue weighted by atomic mass is 10.2. The van der Waals surface area contributed by atoms with E-state index in [-0.39, 0.29) is 17.9 Å². The monoisotopic (exact) mass is 311 g/mol. The average molecular weight is 311 g/mol. The van der Waals surface area contributed by atoms with Gasteiger partial charge in [-0.2, -0.15) is 0 Å². The van der Waals surface area contributed by atoms with Crippen LogP contribution in [0.25, 0.3) is 0 Å². The van der Waals surface area contributed by atoms with E-state index in [4.69, 9.17) is 0 Å². The average Bonchev–Trinajstić information content (AvgIpc) is 3.18. The van der Waals surface area contributed by atoms with Crippen LogP contribution in [0.4, 0.5) is 0 Å². The molecule has 0 radical (unpaired) electrons. The van der Waals surface area contributed by atoms with Crippen molar-refractivity contribution in [2.24, 2.45) is 0 Å². The smallest absolute Gasteiger partial charge is 0.264 e. The number of thiophene rings is 1. The summed E-state index contributed by atoms with van der Waals surface area (Å²) in [5.74, 6) is 1.97. The number of nitrogens with one attached hydrogen (secondary N) is 1. The van der Waals surface area contributed by atoms with E-state index in [2.05, 4.69) is 5.32 Å². The van der Waals surface area contributed by atoms with Gasteiger partial charge < -0.3 is 9.80 Å². The summed E-state index contributed by atoms with van der Waals surface area (Å²) in [4.78, 5) is 29.0. The third-order valence-electron chi connectivity index (χ3n) is 3.62. The molecule has 0 bridgehead atoms. The van der Waals surface area contributed by atoms with Crippen LogP contribution in [-0.2, 0) is 4.79 Å². The number of rotatable bonds is 2. The molecule has 0 spiro atoms. The highest BCUT2D eigenvalue weighted by atomic mass is 32.2. The highest BCUT2D eigenvalue weighted by molar-refractivity contribution is 7.99. The van der Waals surface area contributed by atoms with Gasteiger partial charge in [-0.1, -0.05) is 6.07 Å². The third-order valence-corrected chi connectivity index (χ3v) is 5.42. The topological polar surface area (TPSA) is 52.7 Å². The lowest BCUT2D eigenvalue weighted by molar-refractivity contribution is -0.134. The van der Waals surface area contributed by atoms with Gasteiger partial charge in [0.1, 0.15) is 0 Å². The SMILES string of the molecule is O=C(c1cccs1)N1CCN(C(=O)C2CSCN2)CC1. The number of thioether (sulfide) groups is 1. The van der Waals surface area contributed by atoms with Crippen LogP contribution in [0.1, 0.15) is 9.67 Å². The van der Waals surface area contributed by atoms with Crippen LogP contribution in [0.2, 0.25) is 0 Å². The standard InChI is InChI=1S/C13H17N3O2S2/c17-12(10-8-19-9-14-10)15-3-5-16(6-4-15)13(18)11-2-1-7-20-11/h1-2,7,10,14H,3-6,8-9H2. The van der Waals surface area contributed by atoms with E-state index >= 15 is 0 Å². The van der Waals surface area contributed by atoms with Crippen LogP contribution in [0.3, 0.4) is 0 Å². The molecule has 2 saturated heterocycles. The molecule has 2 amide bonds. The third kappa shape index (κ3) is 2.84. The van der Waals surface area contributed by atoms with Crippen molar-refractivity contribution in [1.82, 2.24) is 15.1 Å². The van der Waals surface area contributed by atoms with E-state index in [1.54, 1.807) is 11.8 Å². The summed E-state index contributed by atoms with van der Waals surface area (Å²) in [6.45, 7) is 2.53. The minimum Gasteiger partial charge on any atom is -0.338 e. The van der Waals surface area contributed by atoms with Gasteiger partial charge in [0, 0.05) is 37.8 Å². The molecule has 2 aliphatic heterocycles. The molecule has 1 aromatic rings. The van der Waals surface area contributed by atoms with Gasteiger partial charge in [0.25, 0.3) is 5.91 Å². The quantitative estimate of drug-likeness (QED) is 0.873. The number of carbonyl (C=O) groups is 2. The fourth-order valence-corrected chi connectivity index (χ4v) is 4.08. The second-order valence-corrected chi connectivity index (χ2v) is 6.84. The Morgan fingerprint density at radius 2 is 1.95 bits per heavy atom. The van der Waals surface area contributed by atoms with Gasteiger partial charge in [-0.05, 0) is 11.4 Å². The highest BCUT2D eigenvalue weighted by Crippen LogP contribution is 2.16. The molecule has 0 aliphatic carbocycles. The Labute approximate surface area is 126 Å². The van der Waals surface area contributed by atoms with E-state index in [9.17, 15) is 9.59 Å². The van der Waals surface area contributed by atoms with E-state index in [1.807, 2.05) is 27.3 Å². The zero-order chi connectivity index (χ0) is 13.9. The summed E-state index contributed by atoms with van der Waals surface area (Å²) in [6.07, 6.45) is 0. The normalized spacial score (nSPS) is 23.1. The number of amides is 2. The van der Waals surface area contributed by atoms with Gasteiger partial charge in [-0.3, -0.25) is 14.9 Å². The Hall–Kier alpha value is -1.05. The summed E-state index contributed by atoms with van der Waals surface area (Å²) >= 11 is 3.22. The Kier molecular flexibility index (Phi) is 4.28. The van der Waals surface area contributed by atoms with Crippen molar-refractivity contribution in [2.75, 3.05) is 37.8 Å². The molecule has 20 heavy (non-hydrogen) atoms. The van der Waals surface area contributed by atoms with E-state index in [0.29, 0.717) is 26.2 Å². The van der Waals surface area contributed by atoms with Gasteiger partial charge in [0.15, 0.2) is 0 Å². The minimum absolute atomic E-state index is 0.0421. The van der Waals surface area contributed by atoms with Crippen molar-refractivity contribution in [1.29, 1.82) is 0 Å². The molecule has 3 heterocycles. The van der Waals surface area contributed by atoms with E-state index in [1.165, 1.54) is 11.3 Å². The Morgan fingerprint density at radius 3 is 2.55 bits per heavy atom. The van der Waals surface area contributed by atoms with Crippen molar-refractivity contribution in [2.45, 2.75) is 6.04 Å². The molecule has 1 aromatic heterocycles. The predicted octanol–water partition coefficient (Wildman–Crippen LogP) is 0.695. The molecule has 1 N–H and O–H groups in total. The van der Waals surface area contributed by atoms with Gasteiger partial charge in [-0.15, -0.1) is 23.1 Å². The van der Waals surface area contributed by atoms with Gasteiger partial charge in [0.05, 0.1) is 10.9 Å². The molecular formula is C13H17N3O2S2. The largest absolute Gasteiger partial charge is 0.338 e. The molecule has 5 nitrogen and oxygen atoms in total. The van der Waals surface area contributed by atoms with Crippen molar-refractivity contribution in [3.05, 3.63) is 22.4 Å². The molecule has 3 rings (SSSR count). The minimum atomic E-state index is -0.0421. The Bertz CT molecular complexity index is 478. The number of hydrogen-bond donors (Lipinski definition) is 1. The maximum Gasteiger partial charge on any atom is 0.264 e. The molecule has 0 aromatic carbocycles. The molecule has 108 valence electrons. The van der Waals surface area contributed by atoms with Crippen LogP contribution in [-0.4, -0.2) is 65.5 Å². The summed E-state index contributed by atoms with van der Waals surface area (Å²) in [5, 5.41) is 5.12.